The number of rotatable bonds is 6. The molecule has 0 bridgehead atoms. The molecule has 8 nitrogen and oxygen atoms in total. The molecule has 0 aliphatic carbocycles. The predicted molar refractivity (Wildman–Crippen MR) is 122 cm³/mol. The van der Waals surface area contributed by atoms with E-state index in [1.807, 2.05) is 33.8 Å². The van der Waals surface area contributed by atoms with Crippen molar-refractivity contribution in [2.24, 2.45) is 0 Å². The highest BCUT2D eigenvalue weighted by atomic mass is 32.1. The van der Waals surface area contributed by atoms with Crippen LogP contribution < -0.4 is 10.1 Å². The average molecular weight is 491 g/mol. The number of carbonyl (C=O) groups is 1. The van der Waals surface area contributed by atoms with Crippen molar-refractivity contribution in [1.29, 1.82) is 0 Å². The van der Waals surface area contributed by atoms with Crippen LogP contribution in [0.15, 0.2) is 24.3 Å². The number of alkyl halides is 3. The third-order valence-corrected chi connectivity index (χ3v) is 5.88. The Hall–Kier alpha value is -3.54. The summed E-state index contributed by atoms with van der Waals surface area (Å²) in [5.74, 6) is 0.234. The number of hydrogen-bond acceptors (Lipinski definition) is 7. The molecule has 12 heteroatoms. The highest BCUT2D eigenvalue weighted by molar-refractivity contribution is 7.22. The first-order valence-electron chi connectivity index (χ1n) is 10.3. The lowest BCUT2D eigenvalue weighted by atomic mass is 10.1. The smallest absolute Gasteiger partial charge is 0.422 e. The van der Waals surface area contributed by atoms with E-state index in [2.05, 4.69) is 25.4 Å². The molecule has 4 aromatic rings. The maximum atomic E-state index is 12.7. The molecule has 0 spiro atoms. The second-order valence-corrected chi connectivity index (χ2v) is 8.82. The van der Waals surface area contributed by atoms with Gasteiger partial charge in [-0.2, -0.15) is 18.3 Å². The maximum absolute atomic E-state index is 12.7. The number of carbonyl (C=O) groups excluding carboxylic acids is 1. The van der Waals surface area contributed by atoms with Crippen LogP contribution in [-0.2, 0) is 11.2 Å². The quantitative estimate of drug-likeness (QED) is 0.424. The number of aryl methyl sites for hydroxylation is 3. The minimum absolute atomic E-state index is 0.0678. The fourth-order valence-electron chi connectivity index (χ4n) is 3.46. The lowest BCUT2D eigenvalue weighted by Crippen LogP contribution is -2.19. The third-order valence-electron chi connectivity index (χ3n) is 4.95. The molecule has 3 aromatic heterocycles. The molecule has 1 amide bonds. The molecule has 3 heterocycles. The van der Waals surface area contributed by atoms with Gasteiger partial charge in [-0.25, -0.2) is 19.6 Å². The van der Waals surface area contributed by atoms with E-state index in [0.29, 0.717) is 27.0 Å². The molecular formula is C22H21F3N6O2S. The average Bonchev–Trinajstić information content (AvgIpc) is 3.25. The molecule has 1 N–H and O–H groups in total. The van der Waals surface area contributed by atoms with E-state index in [4.69, 9.17) is 4.74 Å². The number of fused-ring (bicyclic) bond motifs is 1. The van der Waals surface area contributed by atoms with Crippen LogP contribution in [0.3, 0.4) is 0 Å². The van der Waals surface area contributed by atoms with Gasteiger partial charge in [0.25, 0.3) is 5.95 Å². The number of aromatic nitrogens is 5. The predicted octanol–water partition coefficient (Wildman–Crippen LogP) is 4.63. The Morgan fingerprint density at radius 1 is 1.09 bits per heavy atom. The van der Waals surface area contributed by atoms with Crippen molar-refractivity contribution >= 4 is 32.6 Å². The van der Waals surface area contributed by atoms with Gasteiger partial charge in [0.05, 0.1) is 22.3 Å². The summed E-state index contributed by atoms with van der Waals surface area (Å²) in [7, 11) is 0. The number of nitrogens with one attached hydrogen (secondary N) is 1. The Balaban J connectivity index is 1.49. The van der Waals surface area contributed by atoms with Crippen LogP contribution >= 0.6 is 11.3 Å². The van der Waals surface area contributed by atoms with E-state index >= 15 is 0 Å². The zero-order valence-corrected chi connectivity index (χ0v) is 19.6. The van der Waals surface area contributed by atoms with Gasteiger partial charge in [0, 0.05) is 22.6 Å². The summed E-state index contributed by atoms with van der Waals surface area (Å²) >= 11 is 1.15. The van der Waals surface area contributed by atoms with Crippen LogP contribution in [0.1, 0.15) is 28.3 Å². The maximum Gasteiger partial charge on any atom is 0.422 e. The number of nitrogens with zero attached hydrogens (tertiary/aromatic N) is 5. The summed E-state index contributed by atoms with van der Waals surface area (Å²) in [4.78, 5) is 25.9. The molecule has 4 rings (SSSR count). The van der Waals surface area contributed by atoms with Gasteiger partial charge in [-0.3, -0.25) is 4.79 Å². The van der Waals surface area contributed by atoms with Gasteiger partial charge >= 0.3 is 6.18 Å². The van der Waals surface area contributed by atoms with Gasteiger partial charge in [0.15, 0.2) is 11.7 Å². The van der Waals surface area contributed by atoms with Crippen LogP contribution in [-0.4, -0.2) is 43.4 Å². The van der Waals surface area contributed by atoms with E-state index < -0.39 is 12.8 Å². The monoisotopic (exact) mass is 490 g/mol. The first-order chi connectivity index (χ1) is 16.0. The largest absolute Gasteiger partial charge is 0.484 e. The zero-order chi connectivity index (χ0) is 24.6. The van der Waals surface area contributed by atoms with E-state index in [-0.39, 0.29) is 18.1 Å². The third kappa shape index (κ3) is 5.33. The molecule has 178 valence electrons. The number of halogens is 3. The molecule has 0 saturated carbocycles. The van der Waals surface area contributed by atoms with Gasteiger partial charge in [-0.15, -0.1) is 0 Å². The van der Waals surface area contributed by atoms with E-state index in [9.17, 15) is 18.0 Å². The van der Waals surface area contributed by atoms with Crippen molar-refractivity contribution in [3.05, 3.63) is 52.6 Å². The molecule has 0 aliphatic rings. The van der Waals surface area contributed by atoms with Crippen LogP contribution in [0.5, 0.6) is 5.75 Å². The fraction of sp³-hybridized carbons (Fsp3) is 0.318. The standard InChI is InChI=1S/C22H21F3N6O2S/c1-11-7-12(2)27-20(26-11)31-14(4)16(13(3)30-31)9-19(32)29-21-28-17-6-5-15(8-18(17)34-21)33-10-22(23,24)25/h5-8H,9-10H2,1-4H3,(H,28,29,32). The lowest BCUT2D eigenvalue weighted by molar-refractivity contribution is -0.153. The second kappa shape index (κ2) is 9.01. The van der Waals surface area contributed by atoms with Crippen LogP contribution in [0.2, 0.25) is 0 Å². The Morgan fingerprint density at radius 3 is 2.47 bits per heavy atom. The normalized spacial score (nSPS) is 11.7. The fourth-order valence-corrected chi connectivity index (χ4v) is 4.38. The molecule has 34 heavy (non-hydrogen) atoms. The molecular weight excluding hydrogens is 469 g/mol. The Morgan fingerprint density at radius 2 is 1.79 bits per heavy atom. The van der Waals surface area contributed by atoms with Gasteiger partial charge in [0.1, 0.15) is 5.75 Å². The summed E-state index contributed by atoms with van der Waals surface area (Å²) < 4.78 is 44.1. The van der Waals surface area contributed by atoms with E-state index in [1.54, 1.807) is 10.7 Å². The van der Waals surface area contributed by atoms with Crippen LogP contribution in [0.4, 0.5) is 18.3 Å². The van der Waals surface area contributed by atoms with Crippen molar-refractivity contribution in [3.8, 4) is 11.7 Å². The van der Waals surface area contributed by atoms with Crippen LogP contribution in [0.25, 0.3) is 16.2 Å². The minimum atomic E-state index is -4.42. The molecule has 0 aliphatic heterocycles. The van der Waals surface area contributed by atoms with Crippen molar-refractivity contribution in [1.82, 2.24) is 24.7 Å². The topological polar surface area (TPSA) is 94.8 Å². The molecule has 1 aromatic carbocycles. The summed E-state index contributed by atoms with van der Waals surface area (Å²) in [5, 5.41) is 7.60. The van der Waals surface area contributed by atoms with Crippen LogP contribution in [0, 0.1) is 27.7 Å². The Bertz CT molecular complexity index is 1360. The molecule has 0 atom stereocenters. The number of hydrogen-bond donors (Lipinski definition) is 1. The van der Waals surface area contributed by atoms with Gasteiger partial charge in [-0.1, -0.05) is 11.3 Å². The lowest BCUT2D eigenvalue weighted by Gasteiger charge is -2.08. The highest BCUT2D eigenvalue weighted by Crippen LogP contribution is 2.30. The van der Waals surface area contributed by atoms with Gasteiger partial charge in [0.2, 0.25) is 5.91 Å². The minimum Gasteiger partial charge on any atom is -0.484 e. The molecule has 0 saturated heterocycles. The molecule has 0 radical (unpaired) electrons. The van der Waals surface area contributed by atoms with Gasteiger partial charge in [-0.05, 0) is 52.0 Å². The SMILES string of the molecule is Cc1cc(C)nc(-n2nc(C)c(CC(=O)Nc3nc4ccc(OCC(F)(F)F)cc4s3)c2C)n1. The van der Waals surface area contributed by atoms with E-state index in [0.717, 1.165) is 34.0 Å². The Labute approximate surface area is 196 Å². The molecule has 0 unspecified atom stereocenters. The number of thiazole rings is 1. The summed E-state index contributed by atoms with van der Waals surface area (Å²) in [6, 6.07) is 6.30. The summed E-state index contributed by atoms with van der Waals surface area (Å²) in [5.41, 5.74) is 4.38. The first-order valence-corrected chi connectivity index (χ1v) is 11.1. The highest BCUT2D eigenvalue weighted by Gasteiger charge is 2.28. The number of benzene rings is 1. The summed E-state index contributed by atoms with van der Waals surface area (Å²) in [6.07, 6.45) is -4.35. The van der Waals surface area contributed by atoms with E-state index in [1.165, 1.54) is 12.1 Å². The van der Waals surface area contributed by atoms with Crippen molar-refractivity contribution < 1.29 is 22.7 Å². The van der Waals surface area contributed by atoms with Crippen molar-refractivity contribution in [2.75, 3.05) is 11.9 Å². The molecule has 0 fully saturated rings. The zero-order valence-electron chi connectivity index (χ0n) is 18.8. The van der Waals surface area contributed by atoms with Crippen molar-refractivity contribution in [2.45, 2.75) is 40.3 Å². The number of anilines is 1. The summed E-state index contributed by atoms with van der Waals surface area (Å²) in [6.45, 7) is 6.04. The van der Waals surface area contributed by atoms with Crippen molar-refractivity contribution in [3.63, 3.8) is 0 Å². The number of amides is 1. The van der Waals surface area contributed by atoms with Gasteiger partial charge < -0.3 is 10.1 Å². The number of ether oxygens (including phenoxy) is 1. The Kier molecular flexibility index (Phi) is 6.26. The first kappa shape index (κ1) is 23.6. The second-order valence-electron chi connectivity index (χ2n) is 7.79.